The lowest BCUT2D eigenvalue weighted by atomic mass is 9.89. The molecule has 0 heterocycles. The summed E-state index contributed by atoms with van der Waals surface area (Å²) in [6.45, 7) is 4.01. The quantitative estimate of drug-likeness (QED) is 0.684. The number of amides is 2. The highest BCUT2D eigenvalue weighted by Crippen LogP contribution is 2.23. The molecule has 1 rings (SSSR count). The Labute approximate surface area is 96.5 Å². The first-order chi connectivity index (χ1) is 7.74. The van der Waals surface area contributed by atoms with Crippen molar-refractivity contribution >= 4 is 11.8 Å². The van der Waals surface area contributed by atoms with Crippen LogP contribution in [0.25, 0.3) is 0 Å². The van der Waals surface area contributed by atoms with Crippen molar-refractivity contribution in [3.63, 3.8) is 0 Å². The molecule has 0 aromatic carbocycles. The summed E-state index contributed by atoms with van der Waals surface area (Å²) in [7, 11) is 0. The van der Waals surface area contributed by atoms with Crippen LogP contribution in [0.2, 0.25) is 0 Å². The molecule has 1 aliphatic rings. The zero-order chi connectivity index (χ0) is 11.8. The number of carbonyl (C=O) groups is 2. The Morgan fingerprint density at radius 1 is 1.19 bits per heavy atom. The number of nitrogens with one attached hydrogen (secondary N) is 2. The monoisotopic (exact) mass is 224 g/mol. The van der Waals surface area contributed by atoms with Gasteiger partial charge in [-0.1, -0.05) is 25.3 Å². The first kappa shape index (κ1) is 12.7. The molecule has 4 nitrogen and oxygen atoms in total. The van der Waals surface area contributed by atoms with Crippen molar-refractivity contribution in [1.82, 2.24) is 10.6 Å². The summed E-state index contributed by atoms with van der Waals surface area (Å²) in [6, 6.07) is 0. The van der Waals surface area contributed by atoms with Gasteiger partial charge in [0, 0.05) is 12.5 Å². The van der Waals surface area contributed by atoms with E-state index in [1.807, 2.05) is 0 Å². The van der Waals surface area contributed by atoms with Crippen LogP contribution >= 0.6 is 0 Å². The predicted molar refractivity (Wildman–Crippen MR) is 62.8 cm³/mol. The van der Waals surface area contributed by atoms with E-state index in [-0.39, 0.29) is 24.3 Å². The zero-order valence-electron chi connectivity index (χ0n) is 9.63. The van der Waals surface area contributed by atoms with Crippen molar-refractivity contribution in [3.8, 4) is 0 Å². The molecular formula is C12H20N2O2. The minimum absolute atomic E-state index is 0.0217. The van der Waals surface area contributed by atoms with Gasteiger partial charge in [-0.15, -0.1) is 6.58 Å². The summed E-state index contributed by atoms with van der Waals surface area (Å²) in [5.41, 5.74) is 0. The van der Waals surface area contributed by atoms with Gasteiger partial charge in [0.2, 0.25) is 11.8 Å². The van der Waals surface area contributed by atoms with Crippen LogP contribution in [0.1, 0.15) is 32.1 Å². The van der Waals surface area contributed by atoms with E-state index >= 15 is 0 Å². The fourth-order valence-electron chi connectivity index (χ4n) is 1.93. The molecule has 1 saturated carbocycles. The Morgan fingerprint density at radius 3 is 2.50 bits per heavy atom. The van der Waals surface area contributed by atoms with E-state index in [2.05, 4.69) is 17.2 Å². The highest BCUT2D eigenvalue weighted by Gasteiger charge is 2.20. The van der Waals surface area contributed by atoms with Gasteiger partial charge in [0.15, 0.2) is 0 Å². The van der Waals surface area contributed by atoms with Crippen molar-refractivity contribution in [2.75, 3.05) is 13.1 Å². The molecule has 0 unspecified atom stereocenters. The molecule has 2 amide bonds. The Hall–Kier alpha value is -1.32. The average molecular weight is 224 g/mol. The minimum atomic E-state index is -0.163. The summed E-state index contributed by atoms with van der Waals surface area (Å²) < 4.78 is 0. The highest BCUT2D eigenvalue weighted by atomic mass is 16.2. The van der Waals surface area contributed by atoms with Gasteiger partial charge in [-0.05, 0) is 12.8 Å². The molecule has 0 radical (unpaired) electrons. The molecule has 90 valence electrons. The van der Waals surface area contributed by atoms with Crippen LogP contribution in [0.3, 0.4) is 0 Å². The van der Waals surface area contributed by atoms with Crippen LogP contribution in [0.4, 0.5) is 0 Å². The third-order valence-electron chi connectivity index (χ3n) is 2.84. The Bertz CT molecular complexity index is 258. The van der Waals surface area contributed by atoms with E-state index in [9.17, 15) is 9.59 Å². The molecule has 16 heavy (non-hydrogen) atoms. The van der Waals surface area contributed by atoms with Gasteiger partial charge in [-0.2, -0.15) is 0 Å². The third kappa shape index (κ3) is 4.47. The second-order valence-corrected chi connectivity index (χ2v) is 4.15. The summed E-state index contributed by atoms with van der Waals surface area (Å²) in [4.78, 5) is 22.9. The number of hydrogen-bond acceptors (Lipinski definition) is 2. The second kappa shape index (κ2) is 7.04. The van der Waals surface area contributed by atoms with Crippen LogP contribution in [-0.4, -0.2) is 24.9 Å². The number of carbonyl (C=O) groups excluding carboxylic acids is 2. The molecule has 1 aliphatic carbocycles. The topological polar surface area (TPSA) is 58.2 Å². The fourth-order valence-corrected chi connectivity index (χ4v) is 1.93. The van der Waals surface area contributed by atoms with Crippen LogP contribution in [0, 0.1) is 5.92 Å². The third-order valence-corrected chi connectivity index (χ3v) is 2.84. The maximum Gasteiger partial charge on any atom is 0.239 e. The molecule has 0 aliphatic heterocycles. The van der Waals surface area contributed by atoms with Crippen molar-refractivity contribution in [3.05, 3.63) is 12.7 Å². The normalized spacial score (nSPS) is 16.5. The summed E-state index contributed by atoms with van der Waals surface area (Å²) in [5.74, 6) is -0.0292. The maximum atomic E-state index is 11.7. The van der Waals surface area contributed by atoms with Crippen molar-refractivity contribution in [2.45, 2.75) is 32.1 Å². The van der Waals surface area contributed by atoms with Crippen molar-refractivity contribution in [2.24, 2.45) is 5.92 Å². The fraction of sp³-hybridized carbons (Fsp3) is 0.667. The predicted octanol–water partition coefficient (Wildman–Crippen LogP) is 0.985. The molecule has 0 aromatic rings. The summed E-state index contributed by atoms with van der Waals surface area (Å²) in [5, 5.41) is 5.29. The molecule has 0 aromatic heterocycles. The maximum absolute atomic E-state index is 11.7. The van der Waals surface area contributed by atoms with E-state index in [0.29, 0.717) is 6.54 Å². The Kier molecular flexibility index (Phi) is 5.61. The van der Waals surface area contributed by atoms with Crippen LogP contribution in [0.15, 0.2) is 12.7 Å². The molecule has 4 heteroatoms. The van der Waals surface area contributed by atoms with Gasteiger partial charge < -0.3 is 10.6 Å². The lowest BCUT2D eigenvalue weighted by Gasteiger charge is -2.20. The standard InChI is InChI=1S/C12H20N2O2/c1-2-8-13-11(15)9-14-12(16)10-6-4-3-5-7-10/h2,10H,1,3-9H2,(H,13,15)(H,14,16). The van der Waals surface area contributed by atoms with E-state index in [1.54, 1.807) is 6.08 Å². The van der Waals surface area contributed by atoms with Gasteiger partial charge in [-0.3, -0.25) is 9.59 Å². The molecule has 0 spiro atoms. The highest BCUT2D eigenvalue weighted by molar-refractivity contribution is 5.85. The molecular weight excluding hydrogens is 204 g/mol. The zero-order valence-corrected chi connectivity index (χ0v) is 9.63. The number of rotatable bonds is 5. The molecule has 0 atom stereocenters. The van der Waals surface area contributed by atoms with Gasteiger partial charge in [-0.25, -0.2) is 0 Å². The van der Waals surface area contributed by atoms with Gasteiger partial charge in [0.05, 0.1) is 6.54 Å². The minimum Gasteiger partial charge on any atom is -0.351 e. The van der Waals surface area contributed by atoms with Gasteiger partial charge in [0.25, 0.3) is 0 Å². The molecule has 1 fully saturated rings. The van der Waals surface area contributed by atoms with Crippen LogP contribution < -0.4 is 10.6 Å². The van der Waals surface area contributed by atoms with E-state index in [0.717, 1.165) is 25.7 Å². The first-order valence-corrected chi connectivity index (χ1v) is 5.89. The Morgan fingerprint density at radius 2 is 1.88 bits per heavy atom. The smallest absolute Gasteiger partial charge is 0.239 e. The SMILES string of the molecule is C=CCNC(=O)CNC(=O)C1CCCCC1. The second-order valence-electron chi connectivity index (χ2n) is 4.15. The Balaban J connectivity index is 2.18. The van der Waals surface area contributed by atoms with E-state index in [4.69, 9.17) is 0 Å². The molecule has 2 N–H and O–H groups in total. The largest absolute Gasteiger partial charge is 0.351 e. The van der Waals surface area contributed by atoms with Crippen molar-refractivity contribution in [1.29, 1.82) is 0 Å². The first-order valence-electron chi connectivity index (χ1n) is 5.89. The number of hydrogen-bond donors (Lipinski definition) is 2. The van der Waals surface area contributed by atoms with Gasteiger partial charge >= 0.3 is 0 Å². The van der Waals surface area contributed by atoms with Crippen LogP contribution in [-0.2, 0) is 9.59 Å². The summed E-state index contributed by atoms with van der Waals surface area (Å²) >= 11 is 0. The summed E-state index contributed by atoms with van der Waals surface area (Å²) in [6.07, 6.45) is 7.01. The van der Waals surface area contributed by atoms with E-state index in [1.165, 1.54) is 6.42 Å². The molecule has 0 bridgehead atoms. The van der Waals surface area contributed by atoms with Crippen LogP contribution in [0.5, 0.6) is 0 Å². The molecule has 0 saturated heterocycles. The average Bonchev–Trinajstić information content (AvgIpc) is 2.34. The lowest BCUT2D eigenvalue weighted by Crippen LogP contribution is -2.40. The van der Waals surface area contributed by atoms with E-state index < -0.39 is 0 Å². The van der Waals surface area contributed by atoms with Crippen molar-refractivity contribution < 1.29 is 9.59 Å². The van der Waals surface area contributed by atoms with Gasteiger partial charge in [0.1, 0.15) is 0 Å². The lowest BCUT2D eigenvalue weighted by molar-refractivity contribution is -0.129.